The van der Waals surface area contributed by atoms with Gasteiger partial charge in [0.25, 0.3) is 0 Å². The number of methoxy groups -OCH3 is 1. The van der Waals surface area contributed by atoms with Gasteiger partial charge in [0, 0.05) is 41.4 Å². The molecular formula is C30H24Cl2N4O2. The van der Waals surface area contributed by atoms with Crippen LogP contribution in [0.2, 0.25) is 10.0 Å². The number of allylic oxidation sites excluding steroid dienone is 1. The zero-order valence-electron chi connectivity index (χ0n) is 20.6. The fourth-order valence-corrected chi connectivity index (χ4v) is 4.58. The van der Waals surface area contributed by atoms with Crippen molar-refractivity contribution in [3.8, 4) is 11.3 Å². The van der Waals surface area contributed by atoms with Crippen molar-refractivity contribution < 1.29 is 9.53 Å². The molecule has 0 unspecified atom stereocenters. The number of nitrogens with zero attached hydrogens (tertiary/aromatic N) is 4. The van der Waals surface area contributed by atoms with Crippen LogP contribution < -0.4 is 4.90 Å². The van der Waals surface area contributed by atoms with Gasteiger partial charge < -0.3 is 14.2 Å². The van der Waals surface area contributed by atoms with E-state index in [1.54, 1.807) is 30.5 Å². The lowest BCUT2D eigenvalue weighted by Gasteiger charge is -2.19. The van der Waals surface area contributed by atoms with Gasteiger partial charge in [0.2, 0.25) is 0 Å². The van der Waals surface area contributed by atoms with Crippen molar-refractivity contribution in [3.63, 3.8) is 0 Å². The largest absolute Gasteiger partial charge is 0.465 e. The summed E-state index contributed by atoms with van der Waals surface area (Å²) in [5, 5.41) is 1.10. The van der Waals surface area contributed by atoms with Crippen molar-refractivity contribution in [3.05, 3.63) is 118 Å². The number of imidazole rings is 1. The summed E-state index contributed by atoms with van der Waals surface area (Å²) < 4.78 is 6.85. The lowest BCUT2D eigenvalue weighted by molar-refractivity contribution is 0.0600. The molecule has 0 spiro atoms. The van der Waals surface area contributed by atoms with Crippen LogP contribution in [0.4, 0.5) is 5.69 Å². The maximum absolute atomic E-state index is 11.8. The normalized spacial score (nSPS) is 12.9. The highest BCUT2D eigenvalue weighted by Crippen LogP contribution is 2.30. The molecule has 2 heterocycles. The van der Waals surface area contributed by atoms with Crippen molar-refractivity contribution in [2.24, 2.45) is 4.99 Å². The molecule has 1 aliphatic heterocycles. The number of anilines is 1. The summed E-state index contributed by atoms with van der Waals surface area (Å²) in [6, 6.07) is 21.0. The van der Waals surface area contributed by atoms with E-state index in [9.17, 15) is 4.79 Å². The Morgan fingerprint density at radius 1 is 1.03 bits per heavy atom. The Kier molecular flexibility index (Phi) is 7.73. The SMILES string of the molecule is COC(=O)c1ccc(Cn2cc(-c3ccc(Cl)cc3Cl)nc2C=Cc2ccc(N3C=CC=NC3)cc2)cc1. The Morgan fingerprint density at radius 3 is 2.50 bits per heavy atom. The zero-order chi connectivity index (χ0) is 26.5. The van der Waals surface area contributed by atoms with Crippen molar-refractivity contribution in [1.82, 2.24) is 9.55 Å². The van der Waals surface area contributed by atoms with Gasteiger partial charge in [0.15, 0.2) is 0 Å². The second-order valence-electron chi connectivity index (χ2n) is 8.63. The minimum absolute atomic E-state index is 0.363. The number of carbonyl (C=O) groups excluding carboxylic acids is 1. The van der Waals surface area contributed by atoms with Crippen LogP contribution in [-0.4, -0.2) is 35.5 Å². The Morgan fingerprint density at radius 2 is 1.82 bits per heavy atom. The molecule has 0 atom stereocenters. The molecule has 0 N–H and O–H groups in total. The summed E-state index contributed by atoms with van der Waals surface area (Å²) in [5.41, 5.74) is 5.18. The van der Waals surface area contributed by atoms with Crippen LogP contribution >= 0.6 is 23.2 Å². The van der Waals surface area contributed by atoms with Gasteiger partial charge in [-0.25, -0.2) is 9.78 Å². The number of halogens is 2. The number of hydrogen-bond acceptors (Lipinski definition) is 5. The van der Waals surface area contributed by atoms with Gasteiger partial charge >= 0.3 is 5.97 Å². The number of benzene rings is 3. The molecular weight excluding hydrogens is 519 g/mol. The predicted octanol–water partition coefficient (Wildman–Crippen LogP) is 7.22. The topological polar surface area (TPSA) is 59.7 Å². The van der Waals surface area contributed by atoms with E-state index in [-0.39, 0.29) is 5.97 Å². The average molecular weight is 543 g/mol. The van der Waals surface area contributed by atoms with Crippen LogP contribution in [-0.2, 0) is 11.3 Å². The Labute approximate surface area is 231 Å². The average Bonchev–Trinajstić information content (AvgIpc) is 3.34. The van der Waals surface area contributed by atoms with Gasteiger partial charge in [-0.05, 0) is 65.7 Å². The summed E-state index contributed by atoms with van der Waals surface area (Å²) in [7, 11) is 1.37. The molecule has 0 amide bonds. The Balaban J connectivity index is 1.43. The number of ether oxygens (including phenoxy) is 1. The first-order valence-corrected chi connectivity index (χ1v) is 12.7. The summed E-state index contributed by atoms with van der Waals surface area (Å²) in [6.45, 7) is 1.17. The highest BCUT2D eigenvalue weighted by molar-refractivity contribution is 6.36. The first kappa shape index (κ1) is 25.5. The molecule has 8 heteroatoms. The minimum Gasteiger partial charge on any atom is -0.465 e. The van der Waals surface area contributed by atoms with Crippen molar-refractivity contribution >= 4 is 53.2 Å². The lowest BCUT2D eigenvalue weighted by atomic mass is 10.1. The Bertz CT molecular complexity index is 1540. The molecule has 0 bridgehead atoms. The summed E-state index contributed by atoms with van der Waals surface area (Å²) in [4.78, 5) is 23.0. The van der Waals surface area contributed by atoms with Crippen molar-refractivity contribution in [1.29, 1.82) is 0 Å². The minimum atomic E-state index is -0.363. The van der Waals surface area contributed by atoms with E-state index in [2.05, 4.69) is 38.7 Å². The van der Waals surface area contributed by atoms with Crippen LogP contribution in [0.3, 0.4) is 0 Å². The third-order valence-corrected chi connectivity index (χ3v) is 6.63. The van der Waals surface area contributed by atoms with Crippen molar-refractivity contribution in [2.75, 3.05) is 18.7 Å². The highest BCUT2D eigenvalue weighted by Gasteiger charge is 2.13. The van der Waals surface area contributed by atoms with Gasteiger partial charge in [-0.1, -0.05) is 53.5 Å². The maximum Gasteiger partial charge on any atom is 0.337 e. The fraction of sp³-hybridized carbons (Fsp3) is 0.100. The molecule has 1 aliphatic rings. The van der Waals surface area contributed by atoms with Gasteiger partial charge in [-0.3, -0.25) is 4.99 Å². The van der Waals surface area contributed by atoms with E-state index in [1.807, 2.05) is 48.8 Å². The monoisotopic (exact) mass is 542 g/mol. The second-order valence-corrected chi connectivity index (χ2v) is 9.48. The second kappa shape index (κ2) is 11.5. The number of carbonyl (C=O) groups is 1. The third-order valence-electron chi connectivity index (χ3n) is 6.08. The van der Waals surface area contributed by atoms with Gasteiger partial charge in [-0.15, -0.1) is 0 Å². The van der Waals surface area contributed by atoms with Crippen LogP contribution in [0.1, 0.15) is 27.3 Å². The van der Waals surface area contributed by atoms with E-state index in [0.717, 1.165) is 33.9 Å². The van der Waals surface area contributed by atoms with Gasteiger partial charge in [-0.2, -0.15) is 0 Å². The molecule has 5 rings (SSSR count). The molecule has 190 valence electrons. The third kappa shape index (κ3) is 5.88. The molecule has 0 fully saturated rings. The summed E-state index contributed by atoms with van der Waals surface area (Å²) in [5.74, 6) is 0.401. The number of esters is 1. The molecule has 0 aliphatic carbocycles. The first-order chi connectivity index (χ1) is 18.5. The van der Waals surface area contributed by atoms with Crippen LogP contribution in [0.15, 0.2) is 90.2 Å². The van der Waals surface area contributed by atoms with E-state index in [0.29, 0.717) is 28.8 Å². The maximum atomic E-state index is 11.8. The fourth-order valence-electron chi connectivity index (χ4n) is 4.08. The summed E-state index contributed by atoms with van der Waals surface area (Å²) in [6.07, 6.45) is 11.7. The van der Waals surface area contributed by atoms with E-state index in [4.69, 9.17) is 32.9 Å². The molecule has 4 aromatic rings. The predicted molar refractivity (Wildman–Crippen MR) is 155 cm³/mol. The number of hydrogen-bond donors (Lipinski definition) is 0. The molecule has 38 heavy (non-hydrogen) atoms. The smallest absolute Gasteiger partial charge is 0.337 e. The molecule has 0 saturated heterocycles. The van der Waals surface area contributed by atoms with Crippen LogP contribution in [0, 0.1) is 0 Å². The van der Waals surface area contributed by atoms with E-state index in [1.165, 1.54) is 7.11 Å². The molecule has 3 aromatic carbocycles. The quantitative estimate of drug-likeness (QED) is 0.231. The molecule has 6 nitrogen and oxygen atoms in total. The van der Waals surface area contributed by atoms with Gasteiger partial charge in [0.1, 0.15) is 12.5 Å². The number of rotatable bonds is 7. The van der Waals surface area contributed by atoms with Gasteiger partial charge in [0.05, 0.1) is 23.4 Å². The molecule has 0 saturated carbocycles. The number of aliphatic imine (C=N–C) groups is 1. The van der Waals surface area contributed by atoms with Crippen molar-refractivity contribution in [2.45, 2.75) is 6.54 Å². The lowest BCUT2D eigenvalue weighted by Crippen LogP contribution is -2.18. The summed E-state index contributed by atoms with van der Waals surface area (Å²) >= 11 is 12.6. The number of aromatic nitrogens is 2. The zero-order valence-corrected chi connectivity index (χ0v) is 22.1. The van der Waals surface area contributed by atoms with Crippen LogP contribution in [0.5, 0.6) is 0 Å². The molecule has 0 radical (unpaired) electrons. The Hall–Kier alpha value is -4.13. The first-order valence-electron chi connectivity index (χ1n) is 11.9. The highest BCUT2D eigenvalue weighted by atomic mass is 35.5. The molecule has 1 aromatic heterocycles. The van der Waals surface area contributed by atoms with Crippen LogP contribution in [0.25, 0.3) is 23.4 Å². The standard InChI is InChI=1S/C30H24Cl2N4O2/c1-38-30(37)23-8-3-22(4-9-23)18-36-19-28(26-13-10-24(31)17-27(26)32)34-29(36)14-7-21-5-11-25(12-6-21)35-16-2-15-33-20-35/h2-17,19H,18,20H2,1H3. The van der Waals surface area contributed by atoms with E-state index < -0.39 is 0 Å². The van der Waals surface area contributed by atoms with E-state index >= 15 is 0 Å².